The molecule has 2 aromatic carbocycles. The first kappa shape index (κ1) is 46.5. The number of H-pyrrole nitrogens is 2. The summed E-state index contributed by atoms with van der Waals surface area (Å²) in [6.07, 6.45) is 4.27. The van der Waals surface area contributed by atoms with E-state index in [9.17, 15) is 27.6 Å². The molecule has 336 valence electrons. The summed E-state index contributed by atoms with van der Waals surface area (Å²) in [5.74, 6) is 5.70. The summed E-state index contributed by atoms with van der Waals surface area (Å²) in [6, 6.07) is 13.7. The van der Waals surface area contributed by atoms with Gasteiger partial charge in [-0.1, -0.05) is 63.8 Å². The van der Waals surface area contributed by atoms with E-state index in [1.54, 1.807) is 22.2 Å². The highest BCUT2D eigenvalue weighted by Crippen LogP contribution is 2.34. The van der Waals surface area contributed by atoms with Crippen LogP contribution in [0.1, 0.15) is 81.8 Å². The van der Waals surface area contributed by atoms with Crippen LogP contribution in [0.5, 0.6) is 0 Å². The molecule has 2 aliphatic heterocycles. The first-order chi connectivity index (χ1) is 30.0. The van der Waals surface area contributed by atoms with Gasteiger partial charge in [0, 0.05) is 51.4 Å². The predicted molar refractivity (Wildman–Crippen MR) is 235 cm³/mol. The van der Waals surface area contributed by atoms with Crippen molar-refractivity contribution in [1.82, 2.24) is 43.7 Å². The Morgan fingerprint density at radius 2 is 1.32 bits per heavy atom. The van der Waals surface area contributed by atoms with Gasteiger partial charge in [0.25, 0.3) is 10.2 Å². The van der Waals surface area contributed by atoms with Gasteiger partial charge in [-0.15, -0.1) is 0 Å². The number of piperazine rings is 1. The van der Waals surface area contributed by atoms with E-state index in [0.717, 1.165) is 45.1 Å². The number of nitrogens with zero attached hydrogens (tertiary/aromatic N) is 6. The average molecular weight is 884 g/mol. The Kier molecular flexibility index (Phi) is 14.7. The molecule has 17 nitrogen and oxygen atoms in total. The van der Waals surface area contributed by atoms with Crippen LogP contribution in [0.15, 0.2) is 60.9 Å². The number of imidazole rings is 2. The van der Waals surface area contributed by atoms with Gasteiger partial charge in [-0.3, -0.25) is 14.4 Å². The Morgan fingerprint density at radius 1 is 0.778 bits per heavy atom. The van der Waals surface area contributed by atoms with Crippen LogP contribution in [0.25, 0.3) is 22.5 Å². The molecule has 4 heterocycles. The van der Waals surface area contributed by atoms with Crippen LogP contribution in [0.2, 0.25) is 0 Å². The number of likely N-dealkylation sites (tertiary alicyclic amines) is 1. The van der Waals surface area contributed by atoms with Gasteiger partial charge in [0.2, 0.25) is 11.8 Å². The number of carbonyl (C=O) groups is 4. The van der Waals surface area contributed by atoms with E-state index in [2.05, 4.69) is 37.1 Å². The van der Waals surface area contributed by atoms with Crippen molar-refractivity contribution in [3.05, 3.63) is 83.7 Å². The Hall–Kier alpha value is -6.03. The fourth-order valence-electron chi connectivity index (χ4n) is 7.89. The summed E-state index contributed by atoms with van der Waals surface area (Å²) in [6.45, 7) is 8.29. The largest absolute Gasteiger partial charge is 0.469 e. The number of esters is 1. The fourth-order valence-corrected chi connectivity index (χ4v) is 8.99. The summed E-state index contributed by atoms with van der Waals surface area (Å²) < 4.78 is 38.5. The van der Waals surface area contributed by atoms with Crippen molar-refractivity contribution in [2.45, 2.75) is 65.1 Å². The standard InChI is InChI=1S/C45H57N9O8S/c1-28(2)34(24-39(55)61-7)43(56)54-23-22-52(63(59,60)51(5)6)27-38(54)42-47-26-36(49-42)33-19-15-31(16-20-33)12-11-30-13-17-32(18-14-30)35-25-46-41(48-35)37-10-9-21-53(37)44(57)40(29(3)4)50-45(58)62-8/h13-20,25-26,28-29,34,37-38,40H,9-10,21-24,27H2,1-8H3,(H,46,48)(H,47,49)(H,50,58)/t34-,37-,38-,40-/m0/s1. The van der Waals surface area contributed by atoms with Crippen molar-refractivity contribution in [2.24, 2.45) is 17.8 Å². The minimum atomic E-state index is -3.78. The third kappa shape index (κ3) is 10.6. The molecular weight excluding hydrogens is 827 g/mol. The zero-order valence-electron chi connectivity index (χ0n) is 37.0. The highest BCUT2D eigenvalue weighted by molar-refractivity contribution is 7.86. The maximum atomic E-state index is 14.0. The monoisotopic (exact) mass is 883 g/mol. The van der Waals surface area contributed by atoms with Gasteiger partial charge in [-0.2, -0.15) is 17.0 Å². The first-order valence-corrected chi connectivity index (χ1v) is 22.4. The molecule has 6 rings (SSSR count). The molecule has 2 aromatic heterocycles. The van der Waals surface area contributed by atoms with Crippen LogP contribution >= 0.6 is 0 Å². The number of aromatic nitrogens is 4. The molecule has 0 saturated carbocycles. The number of alkyl carbamates (subject to hydrolysis) is 1. The number of hydrogen-bond donors (Lipinski definition) is 3. The lowest BCUT2D eigenvalue weighted by Gasteiger charge is -2.42. The van der Waals surface area contributed by atoms with Crippen LogP contribution in [0.4, 0.5) is 4.79 Å². The molecule has 0 bridgehead atoms. The molecule has 63 heavy (non-hydrogen) atoms. The van der Waals surface area contributed by atoms with Crippen molar-refractivity contribution in [3.63, 3.8) is 0 Å². The van der Waals surface area contributed by atoms with Crippen molar-refractivity contribution < 1.29 is 37.1 Å². The summed E-state index contributed by atoms with van der Waals surface area (Å²) in [5.41, 5.74) is 4.83. The molecular formula is C45H57N9O8S. The molecule has 2 fully saturated rings. The minimum absolute atomic E-state index is 0.0140. The van der Waals surface area contributed by atoms with E-state index >= 15 is 0 Å². The first-order valence-electron chi connectivity index (χ1n) is 21.0. The van der Waals surface area contributed by atoms with E-state index in [-0.39, 0.29) is 55.7 Å². The molecule has 3 N–H and O–H groups in total. The van der Waals surface area contributed by atoms with Crippen molar-refractivity contribution >= 4 is 34.1 Å². The Balaban J connectivity index is 1.13. The highest BCUT2D eigenvalue weighted by Gasteiger charge is 2.42. The molecule has 0 radical (unpaired) electrons. The summed E-state index contributed by atoms with van der Waals surface area (Å²) >= 11 is 0. The van der Waals surface area contributed by atoms with Crippen molar-refractivity contribution in [1.29, 1.82) is 0 Å². The van der Waals surface area contributed by atoms with Gasteiger partial charge in [-0.05, 0) is 60.1 Å². The molecule has 0 aliphatic carbocycles. The lowest BCUT2D eigenvalue weighted by Crippen LogP contribution is -2.56. The number of benzene rings is 2. The lowest BCUT2D eigenvalue weighted by atomic mass is 9.90. The third-order valence-electron chi connectivity index (χ3n) is 11.6. The van der Waals surface area contributed by atoms with Crippen LogP contribution in [-0.4, -0.2) is 131 Å². The van der Waals surface area contributed by atoms with E-state index in [1.807, 2.05) is 76.2 Å². The number of nitrogens with one attached hydrogen (secondary N) is 3. The van der Waals surface area contributed by atoms with Crippen LogP contribution in [-0.2, 0) is 34.1 Å². The van der Waals surface area contributed by atoms with E-state index in [1.165, 1.54) is 32.6 Å². The van der Waals surface area contributed by atoms with Gasteiger partial charge < -0.3 is 34.6 Å². The molecule has 2 aliphatic rings. The topological polar surface area (TPSA) is 203 Å². The minimum Gasteiger partial charge on any atom is -0.469 e. The normalized spacial score (nSPS) is 18.0. The van der Waals surface area contributed by atoms with E-state index in [0.29, 0.717) is 23.9 Å². The second-order valence-corrected chi connectivity index (χ2v) is 18.8. The molecule has 4 atom stereocenters. The maximum Gasteiger partial charge on any atom is 0.407 e. The number of aromatic amines is 2. The molecule has 2 saturated heterocycles. The number of rotatable bonds is 13. The molecule has 0 spiro atoms. The Bertz CT molecular complexity index is 2430. The summed E-state index contributed by atoms with van der Waals surface area (Å²) in [4.78, 5) is 71.2. The molecule has 18 heteroatoms. The van der Waals surface area contributed by atoms with Gasteiger partial charge in [-0.25, -0.2) is 14.8 Å². The molecule has 0 unspecified atom stereocenters. The van der Waals surface area contributed by atoms with Crippen molar-refractivity contribution in [2.75, 3.05) is 54.5 Å². The van der Waals surface area contributed by atoms with Crippen molar-refractivity contribution in [3.8, 4) is 34.4 Å². The third-order valence-corrected chi connectivity index (χ3v) is 13.5. The number of amides is 3. The van der Waals surface area contributed by atoms with Crippen LogP contribution < -0.4 is 5.32 Å². The lowest BCUT2D eigenvalue weighted by molar-refractivity contribution is -0.150. The van der Waals surface area contributed by atoms with Crippen LogP contribution in [0, 0.1) is 29.6 Å². The quantitative estimate of drug-likeness (QED) is 0.124. The van der Waals surface area contributed by atoms with E-state index < -0.39 is 40.3 Å². The molecule has 3 amide bonds. The number of methoxy groups -OCH3 is 2. The molecule has 4 aromatic rings. The smallest absolute Gasteiger partial charge is 0.407 e. The predicted octanol–water partition coefficient (Wildman–Crippen LogP) is 4.74. The fraction of sp³-hybridized carbons (Fsp3) is 0.467. The van der Waals surface area contributed by atoms with E-state index in [4.69, 9.17) is 9.47 Å². The van der Waals surface area contributed by atoms with Gasteiger partial charge in [0.1, 0.15) is 23.7 Å². The average Bonchev–Trinajstić information content (AvgIpc) is 4.08. The number of hydrogen-bond acceptors (Lipinski definition) is 10. The second-order valence-electron chi connectivity index (χ2n) is 16.6. The van der Waals surface area contributed by atoms with Crippen LogP contribution in [0.3, 0.4) is 0 Å². The van der Waals surface area contributed by atoms with Gasteiger partial charge >= 0.3 is 12.1 Å². The highest BCUT2D eigenvalue weighted by atomic mass is 32.2. The Labute approximate surface area is 369 Å². The zero-order valence-corrected chi connectivity index (χ0v) is 37.9. The Morgan fingerprint density at radius 3 is 1.81 bits per heavy atom. The van der Waals surface area contributed by atoms with Gasteiger partial charge in [0.05, 0.1) is 56.4 Å². The number of carbonyl (C=O) groups excluding carboxylic acids is 4. The number of ether oxygens (including phenoxy) is 2. The van der Waals surface area contributed by atoms with Gasteiger partial charge in [0.15, 0.2) is 0 Å². The second kappa shape index (κ2) is 20.0. The summed E-state index contributed by atoms with van der Waals surface area (Å²) in [5, 5.41) is 2.68. The zero-order chi connectivity index (χ0) is 45.6. The maximum absolute atomic E-state index is 14.0. The summed E-state index contributed by atoms with van der Waals surface area (Å²) in [7, 11) is 1.72. The SMILES string of the molecule is COC(=O)C[C@H](C(=O)N1CCN(S(=O)(=O)N(C)C)C[C@H]1c1ncc(-c2ccc(C#Cc3ccc(-c4cnc([C@@H]5CCCN5C(=O)[C@@H](NC(=O)OC)C(C)C)[nH]4)cc3)cc2)[nH]1)C(C)C.